The van der Waals surface area contributed by atoms with Crippen LogP contribution >= 0.6 is 11.6 Å². The molecule has 0 radical (unpaired) electrons. The summed E-state index contributed by atoms with van der Waals surface area (Å²) in [6.07, 6.45) is 1.07. The zero-order valence-corrected chi connectivity index (χ0v) is 17.6. The van der Waals surface area contributed by atoms with Crippen molar-refractivity contribution in [2.75, 3.05) is 22.9 Å². The topological polar surface area (TPSA) is 95.6 Å². The molecule has 0 atom stereocenters. The van der Waals surface area contributed by atoms with Crippen LogP contribution in [0.4, 0.5) is 11.4 Å². The van der Waals surface area contributed by atoms with Crippen molar-refractivity contribution in [3.63, 3.8) is 0 Å². The van der Waals surface area contributed by atoms with Crippen LogP contribution in [-0.4, -0.2) is 39.6 Å². The quantitative estimate of drug-likeness (QED) is 0.746. The largest absolute Gasteiger partial charge is 0.350 e. The Bertz CT molecular complexity index is 1010. The van der Waals surface area contributed by atoms with E-state index in [1.54, 1.807) is 24.3 Å². The summed E-state index contributed by atoms with van der Waals surface area (Å²) in [5.74, 6) is -0.814. The van der Waals surface area contributed by atoms with Crippen LogP contribution in [0.1, 0.15) is 34.6 Å². The smallest absolute Gasteiger partial charge is 0.257 e. The molecule has 0 aliphatic carbocycles. The van der Waals surface area contributed by atoms with E-state index in [1.165, 1.54) is 25.2 Å². The Balaban J connectivity index is 2.28. The van der Waals surface area contributed by atoms with Gasteiger partial charge in [0.1, 0.15) is 0 Å². The third-order valence-corrected chi connectivity index (χ3v) is 5.42. The molecule has 2 aromatic carbocycles. The van der Waals surface area contributed by atoms with Crippen LogP contribution in [0.15, 0.2) is 42.5 Å². The molecule has 0 fully saturated rings. The zero-order chi connectivity index (χ0) is 21.1. The number of hydrogen-bond donors (Lipinski definition) is 2. The molecule has 0 spiro atoms. The molecule has 2 aromatic rings. The molecule has 0 bridgehead atoms. The fourth-order valence-corrected chi connectivity index (χ4v) is 3.15. The lowest BCUT2D eigenvalue weighted by Gasteiger charge is -2.18. The molecule has 7 nitrogen and oxygen atoms in total. The van der Waals surface area contributed by atoms with Gasteiger partial charge in [0.15, 0.2) is 0 Å². The number of carbonyl (C=O) groups is 2. The average molecular weight is 424 g/mol. The van der Waals surface area contributed by atoms with Crippen molar-refractivity contribution >= 4 is 44.8 Å². The van der Waals surface area contributed by atoms with Gasteiger partial charge in [-0.3, -0.25) is 13.9 Å². The number of halogens is 1. The highest BCUT2D eigenvalue weighted by molar-refractivity contribution is 7.92. The van der Waals surface area contributed by atoms with Gasteiger partial charge < -0.3 is 10.6 Å². The lowest BCUT2D eigenvalue weighted by molar-refractivity contribution is 0.0944. The van der Waals surface area contributed by atoms with Crippen molar-refractivity contribution in [3.8, 4) is 0 Å². The molecule has 0 heterocycles. The van der Waals surface area contributed by atoms with Crippen molar-refractivity contribution in [2.45, 2.75) is 19.9 Å². The van der Waals surface area contributed by atoms with Crippen LogP contribution < -0.4 is 14.9 Å². The normalized spacial score (nSPS) is 11.2. The van der Waals surface area contributed by atoms with E-state index in [0.29, 0.717) is 16.9 Å². The van der Waals surface area contributed by atoms with Gasteiger partial charge in [0.2, 0.25) is 10.0 Å². The van der Waals surface area contributed by atoms with E-state index >= 15 is 0 Å². The number of hydrogen-bond acceptors (Lipinski definition) is 4. The molecule has 2 amide bonds. The first-order valence-electron chi connectivity index (χ1n) is 8.45. The van der Waals surface area contributed by atoms with E-state index in [2.05, 4.69) is 10.6 Å². The predicted octanol–water partition coefficient (Wildman–Crippen LogP) is 3.13. The molecule has 0 saturated carbocycles. The van der Waals surface area contributed by atoms with E-state index in [-0.39, 0.29) is 22.5 Å². The fourth-order valence-electron chi connectivity index (χ4n) is 2.40. The summed E-state index contributed by atoms with van der Waals surface area (Å²) in [5, 5.41) is 5.56. The number of rotatable bonds is 6. The highest BCUT2D eigenvalue weighted by Crippen LogP contribution is 2.26. The SMILES string of the molecule is CC(C)NC(=O)c1ccccc1NC(=O)c1ccc(N(C)S(C)(=O)=O)cc1Cl. The summed E-state index contributed by atoms with van der Waals surface area (Å²) in [6, 6.07) is 10.9. The van der Waals surface area contributed by atoms with Crippen LogP contribution in [0.2, 0.25) is 5.02 Å². The van der Waals surface area contributed by atoms with E-state index in [4.69, 9.17) is 11.6 Å². The van der Waals surface area contributed by atoms with Crippen molar-refractivity contribution in [3.05, 3.63) is 58.6 Å². The number of nitrogens with zero attached hydrogens (tertiary/aromatic N) is 1. The zero-order valence-electron chi connectivity index (χ0n) is 16.0. The molecule has 28 heavy (non-hydrogen) atoms. The molecule has 9 heteroatoms. The molecular weight excluding hydrogens is 402 g/mol. The summed E-state index contributed by atoms with van der Waals surface area (Å²) in [4.78, 5) is 25.0. The fraction of sp³-hybridized carbons (Fsp3) is 0.263. The molecule has 2 rings (SSSR count). The number of benzene rings is 2. The average Bonchev–Trinajstić information content (AvgIpc) is 2.59. The van der Waals surface area contributed by atoms with Gasteiger partial charge in [0, 0.05) is 13.1 Å². The number of anilines is 2. The monoisotopic (exact) mass is 423 g/mol. The van der Waals surface area contributed by atoms with Crippen LogP contribution in [-0.2, 0) is 10.0 Å². The summed E-state index contributed by atoms with van der Waals surface area (Å²) in [6.45, 7) is 3.68. The van der Waals surface area contributed by atoms with Gasteiger partial charge in [-0.05, 0) is 44.2 Å². The van der Waals surface area contributed by atoms with Crippen LogP contribution in [0.5, 0.6) is 0 Å². The highest BCUT2D eigenvalue weighted by atomic mass is 35.5. The Kier molecular flexibility index (Phi) is 6.69. The summed E-state index contributed by atoms with van der Waals surface area (Å²) >= 11 is 6.19. The molecule has 0 unspecified atom stereocenters. The highest BCUT2D eigenvalue weighted by Gasteiger charge is 2.18. The molecule has 2 N–H and O–H groups in total. The second-order valence-corrected chi connectivity index (χ2v) is 8.94. The lowest BCUT2D eigenvalue weighted by Crippen LogP contribution is -2.31. The second-order valence-electron chi connectivity index (χ2n) is 6.52. The number of para-hydroxylation sites is 1. The van der Waals surface area contributed by atoms with Crippen molar-refractivity contribution < 1.29 is 18.0 Å². The van der Waals surface area contributed by atoms with Crippen LogP contribution in [0.3, 0.4) is 0 Å². The molecule has 0 aliphatic heterocycles. The minimum Gasteiger partial charge on any atom is -0.350 e. The number of sulfonamides is 1. The van der Waals surface area contributed by atoms with Gasteiger partial charge in [-0.15, -0.1) is 0 Å². The maximum absolute atomic E-state index is 12.7. The first-order chi connectivity index (χ1) is 13.0. The molecule has 0 saturated heterocycles. The summed E-state index contributed by atoms with van der Waals surface area (Å²) in [7, 11) is -2.06. The number of carbonyl (C=O) groups excluding carboxylic acids is 2. The Morgan fingerprint density at radius 2 is 1.68 bits per heavy atom. The van der Waals surface area contributed by atoms with Crippen LogP contribution in [0, 0.1) is 0 Å². The summed E-state index contributed by atoms with van der Waals surface area (Å²) < 4.78 is 24.4. The van der Waals surface area contributed by atoms with Gasteiger partial charge in [-0.2, -0.15) is 0 Å². The third-order valence-electron chi connectivity index (χ3n) is 3.90. The van der Waals surface area contributed by atoms with Gasteiger partial charge in [-0.25, -0.2) is 8.42 Å². The Labute approximate surface area is 169 Å². The lowest BCUT2D eigenvalue weighted by atomic mass is 10.1. The minimum atomic E-state index is -3.45. The number of amides is 2. The van der Waals surface area contributed by atoms with E-state index < -0.39 is 15.9 Å². The molecule has 0 aromatic heterocycles. The first-order valence-corrected chi connectivity index (χ1v) is 10.7. The third kappa shape index (κ3) is 5.24. The van der Waals surface area contributed by atoms with Crippen molar-refractivity contribution in [1.82, 2.24) is 5.32 Å². The maximum atomic E-state index is 12.7. The number of nitrogens with one attached hydrogen (secondary N) is 2. The molecule has 150 valence electrons. The minimum absolute atomic E-state index is 0.0509. The van der Waals surface area contributed by atoms with Crippen molar-refractivity contribution in [2.24, 2.45) is 0 Å². The van der Waals surface area contributed by atoms with Crippen LogP contribution in [0.25, 0.3) is 0 Å². The predicted molar refractivity (Wildman–Crippen MR) is 112 cm³/mol. The van der Waals surface area contributed by atoms with E-state index in [0.717, 1.165) is 10.6 Å². The van der Waals surface area contributed by atoms with Gasteiger partial charge >= 0.3 is 0 Å². The standard InChI is InChI=1S/C19H22ClN3O4S/c1-12(2)21-19(25)15-7-5-6-8-17(15)22-18(24)14-10-9-13(11-16(14)20)23(3)28(4,26)27/h5-12H,1-4H3,(H,21,25)(H,22,24). The Hall–Kier alpha value is -2.58. The Morgan fingerprint density at radius 1 is 1.04 bits per heavy atom. The van der Waals surface area contributed by atoms with E-state index in [1.807, 2.05) is 13.8 Å². The second kappa shape index (κ2) is 8.62. The van der Waals surface area contributed by atoms with Gasteiger partial charge in [0.25, 0.3) is 11.8 Å². The first kappa shape index (κ1) is 21.7. The molecular formula is C19H22ClN3O4S. The Morgan fingerprint density at radius 3 is 2.25 bits per heavy atom. The summed E-state index contributed by atoms with van der Waals surface area (Å²) in [5.41, 5.74) is 1.17. The maximum Gasteiger partial charge on any atom is 0.257 e. The van der Waals surface area contributed by atoms with Gasteiger partial charge in [-0.1, -0.05) is 23.7 Å². The van der Waals surface area contributed by atoms with E-state index in [9.17, 15) is 18.0 Å². The van der Waals surface area contributed by atoms with Crippen molar-refractivity contribution in [1.29, 1.82) is 0 Å². The molecule has 0 aliphatic rings. The van der Waals surface area contributed by atoms with Gasteiger partial charge in [0.05, 0.1) is 33.8 Å².